The van der Waals surface area contributed by atoms with Gasteiger partial charge in [-0.15, -0.1) is 0 Å². The lowest BCUT2D eigenvalue weighted by Gasteiger charge is -2.10. The third kappa shape index (κ3) is 2.86. The van der Waals surface area contributed by atoms with E-state index < -0.39 is 0 Å². The summed E-state index contributed by atoms with van der Waals surface area (Å²) in [5.41, 5.74) is 4.72. The highest BCUT2D eigenvalue weighted by atomic mass is 16.5. The number of fused-ring (bicyclic) bond motifs is 1. The van der Waals surface area contributed by atoms with Crippen molar-refractivity contribution in [3.8, 4) is 0 Å². The molecule has 0 aliphatic rings. The fourth-order valence-corrected chi connectivity index (χ4v) is 2.15. The van der Waals surface area contributed by atoms with Crippen molar-refractivity contribution >= 4 is 10.9 Å². The van der Waals surface area contributed by atoms with Gasteiger partial charge >= 0.3 is 0 Å². The Morgan fingerprint density at radius 3 is 2.89 bits per heavy atom. The zero-order chi connectivity index (χ0) is 13.0. The zero-order valence-corrected chi connectivity index (χ0v) is 11.3. The molecule has 2 aromatic rings. The van der Waals surface area contributed by atoms with Crippen molar-refractivity contribution in [2.75, 3.05) is 20.3 Å². The molecule has 0 amide bonds. The van der Waals surface area contributed by atoms with Gasteiger partial charge in [0.25, 0.3) is 0 Å². The van der Waals surface area contributed by atoms with Gasteiger partial charge in [-0.3, -0.25) is 4.98 Å². The molecule has 0 fully saturated rings. The standard InChI is InChI=1S/C15H20N2O/c1-11-5-4-6-14-13(10-16-7-8-18-3)9-12(2)17-15(11)14/h4-6,9,16H,7-8,10H2,1-3H3. The summed E-state index contributed by atoms with van der Waals surface area (Å²) < 4.78 is 5.04. The highest BCUT2D eigenvalue weighted by Crippen LogP contribution is 2.21. The molecular weight excluding hydrogens is 224 g/mol. The Kier molecular flexibility index (Phi) is 4.28. The molecule has 96 valence electrons. The van der Waals surface area contributed by atoms with E-state index in [4.69, 9.17) is 4.74 Å². The van der Waals surface area contributed by atoms with Crippen LogP contribution in [0.4, 0.5) is 0 Å². The molecular formula is C15H20N2O. The highest BCUT2D eigenvalue weighted by Gasteiger charge is 2.05. The second-order valence-corrected chi connectivity index (χ2v) is 4.56. The number of aromatic nitrogens is 1. The molecule has 2 rings (SSSR count). The van der Waals surface area contributed by atoms with Crippen molar-refractivity contribution in [2.24, 2.45) is 0 Å². The van der Waals surface area contributed by atoms with Gasteiger partial charge in [0.15, 0.2) is 0 Å². The Morgan fingerprint density at radius 2 is 2.11 bits per heavy atom. The van der Waals surface area contributed by atoms with Crippen molar-refractivity contribution < 1.29 is 4.74 Å². The SMILES string of the molecule is COCCNCc1cc(C)nc2c(C)cccc12. The quantitative estimate of drug-likeness (QED) is 0.821. The van der Waals surface area contributed by atoms with Crippen LogP contribution in [-0.2, 0) is 11.3 Å². The maximum absolute atomic E-state index is 5.04. The van der Waals surface area contributed by atoms with E-state index in [0.717, 1.165) is 30.9 Å². The molecule has 3 heteroatoms. The number of methoxy groups -OCH3 is 1. The van der Waals surface area contributed by atoms with Crippen molar-refractivity contribution in [2.45, 2.75) is 20.4 Å². The molecule has 1 N–H and O–H groups in total. The van der Waals surface area contributed by atoms with Gasteiger partial charge in [0.05, 0.1) is 12.1 Å². The Morgan fingerprint density at radius 1 is 1.28 bits per heavy atom. The van der Waals surface area contributed by atoms with Gasteiger partial charge in [-0.05, 0) is 31.0 Å². The van der Waals surface area contributed by atoms with Crippen LogP contribution in [0.15, 0.2) is 24.3 Å². The number of ether oxygens (including phenoxy) is 1. The van der Waals surface area contributed by atoms with Crippen LogP contribution in [0.1, 0.15) is 16.8 Å². The molecule has 3 nitrogen and oxygen atoms in total. The molecule has 0 radical (unpaired) electrons. The van der Waals surface area contributed by atoms with Gasteiger partial charge in [0.2, 0.25) is 0 Å². The molecule has 0 aliphatic heterocycles. The average Bonchev–Trinajstić information content (AvgIpc) is 2.36. The molecule has 0 saturated heterocycles. The van der Waals surface area contributed by atoms with Crippen molar-refractivity contribution in [3.05, 3.63) is 41.1 Å². The summed E-state index contributed by atoms with van der Waals surface area (Å²) in [5.74, 6) is 0. The lowest BCUT2D eigenvalue weighted by molar-refractivity contribution is 0.199. The van der Waals surface area contributed by atoms with E-state index in [1.165, 1.54) is 16.5 Å². The summed E-state index contributed by atoms with van der Waals surface area (Å²) in [7, 11) is 1.72. The first-order valence-corrected chi connectivity index (χ1v) is 6.28. The first-order valence-electron chi connectivity index (χ1n) is 6.28. The largest absolute Gasteiger partial charge is 0.383 e. The molecule has 0 unspecified atom stereocenters. The summed E-state index contributed by atoms with van der Waals surface area (Å²) in [4.78, 5) is 4.63. The number of hydrogen-bond acceptors (Lipinski definition) is 3. The fourth-order valence-electron chi connectivity index (χ4n) is 2.15. The smallest absolute Gasteiger partial charge is 0.0737 e. The Hall–Kier alpha value is -1.45. The number of pyridine rings is 1. The minimum atomic E-state index is 0.737. The summed E-state index contributed by atoms with van der Waals surface area (Å²) in [6, 6.07) is 8.49. The first-order chi connectivity index (χ1) is 8.72. The summed E-state index contributed by atoms with van der Waals surface area (Å²) >= 11 is 0. The molecule has 1 aromatic heterocycles. The summed E-state index contributed by atoms with van der Waals surface area (Å²) in [5, 5.41) is 4.63. The van der Waals surface area contributed by atoms with E-state index >= 15 is 0 Å². The maximum Gasteiger partial charge on any atom is 0.0737 e. The van der Waals surface area contributed by atoms with Crippen LogP contribution in [0.2, 0.25) is 0 Å². The number of rotatable bonds is 5. The topological polar surface area (TPSA) is 34.1 Å². The molecule has 0 bridgehead atoms. The van der Waals surface area contributed by atoms with Gasteiger partial charge < -0.3 is 10.1 Å². The summed E-state index contributed by atoms with van der Waals surface area (Å²) in [6.45, 7) is 6.61. The van der Waals surface area contributed by atoms with E-state index in [9.17, 15) is 0 Å². The monoisotopic (exact) mass is 244 g/mol. The Balaban J connectivity index is 2.29. The molecule has 1 heterocycles. The third-order valence-electron chi connectivity index (χ3n) is 3.05. The second kappa shape index (κ2) is 5.94. The van der Waals surface area contributed by atoms with Crippen molar-refractivity contribution in [1.29, 1.82) is 0 Å². The number of nitrogens with zero attached hydrogens (tertiary/aromatic N) is 1. The predicted molar refractivity (Wildman–Crippen MR) is 74.8 cm³/mol. The molecule has 0 spiro atoms. The Labute approximate surface area is 108 Å². The third-order valence-corrected chi connectivity index (χ3v) is 3.05. The fraction of sp³-hybridized carbons (Fsp3) is 0.400. The van der Waals surface area contributed by atoms with Crippen LogP contribution in [0.25, 0.3) is 10.9 Å². The number of hydrogen-bond donors (Lipinski definition) is 1. The van der Waals surface area contributed by atoms with E-state index in [1.807, 2.05) is 6.92 Å². The molecule has 0 atom stereocenters. The van der Waals surface area contributed by atoms with E-state index in [-0.39, 0.29) is 0 Å². The van der Waals surface area contributed by atoms with Crippen LogP contribution < -0.4 is 5.32 Å². The Bertz CT molecular complexity index is 537. The lowest BCUT2D eigenvalue weighted by Crippen LogP contribution is -2.18. The minimum Gasteiger partial charge on any atom is -0.383 e. The molecule has 0 aliphatic carbocycles. The molecule has 1 aromatic carbocycles. The van der Waals surface area contributed by atoms with Crippen LogP contribution in [0.5, 0.6) is 0 Å². The van der Waals surface area contributed by atoms with Crippen molar-refractivity contribution in [1.82, 2.24) is 10.3 Å². The van der Waals surface area contributed by atoms with Crippen LogP contribution in [0, 0.1) is 13.8 Å². The normalized spacial score (nSPS) is 11.1. The lowest BCUT2D eigenvalue weighted by atomic mass is 10.0. The van der Waals surface area contributed by atoms with Gasteiger partial charge in [0, 0.05) is 31.3 Å². The predicted octanol–water partition coefficient (Wildman–Crippen LogP) is 2.59. The van der Waals surface area contributed by atoms with Crippen LogP contribution >= 0.6 is 0 Å². The van der Waals surface area contributed by atoms with Gasteiger partial charge in [-0.2, -0.15) is 0 Å². The van der Waals surface area contributed by atoms with Crippen LogP contribution in [0.3, 0.4) is 0 Å². The average molecular weight is 244 g/mol. The zero-order valence-electron chi connectivity index (χ0n) is 11.3. The van der Waals surface area contributed by atoms with Crippen molar-refractivity contribution in [3.63, 3.8) is 0 Å². The van der Waals surface area contributed by atoms with E-state index in [1.54, 1.807) is 7.11 Å². The highest BCUT2D eigenvalue weighted by molar-refractivity contribution is 5.85. The maximum atomic E-state index is 5.04. The van der Waals surface area contributed by atoms with Crippen LogP contribution in [-0.4, -0.2) is 25.2 Å². The number of para-hydroxylation sites is 1. The number of nitrogens with one attached hydrogen (secondary N) is 1. The van der Waals surface area contributed by atoms with Gasteiger partial charge in [0.1, 0.15) is 0 Å². The molecule has 18 heavy (non-hydrogen) atoms. The molecule has 0 saturated carbocycles. The number of benzene rings is 1. The second-order valence-electron chi connectivity index (χ2n) is 4.56. The minimum absolute atomic E-state index is 0.737. The number of aryl methyl sites for hydroxylation is 2. The first kappa shape index (κ1) is 13.0. The van der Waals surface area contributed by atoms with E-state index in [2.05, 4.69) is 41.5 Å². The summed E-state index contributed by atoms with van der Waals surface area (Å²) in [6.07, 6.45) is 0. The van der Waals surface area contributed by atoms with Gasteiger partial charge in [-0.25, -0.2) is 0 Å². The van der Waals surface area contributed by atoms with Gasteiger partial charge in [-0.1, -0.05) is 18.2 Å². The van der Waals surface area contributed by atoms with E-state index in [0.29, 0.717) is 0 Å².